The fraction of sp³-hybridized carbons (Fsp3) is 0.333. The van der Waals surface area contributed by atoms with E-state index in [1.807, 2.05) is 11.0 Å². The van der Waals surface area contributed by atoms with Crippen LogP contribution in [0.3, 0.4) is 0 Å². The second kappa shape index (κ2) is 11.5. The van der Waals surface area contributed by atoms with Crippen LogP contribution in [0, 0.1) is 11.6 Å². The third-order valence-corrected chi connectivity index (χ3v) is 8.10. The summed E-state index contributed by atoms with van der Waals surface area (Å²) >= 11 is 6.31. The number of amides is 1. The van der Waals surface area contributed by atoms with Crippen molar-refractivity contribution in [2.45, 2.75) is 12.8 Å². The summed E-state index contributed by atoms with van der Waals surface area (Å²) in [6.07, 6.45) is 7.54. The predicted octanol–water partition coefficient (Wildman–Crippen LogP) is 5.09. The number of fused-ring (bicyclic) bond motifs is 2. The Morgan fingerprint density at radius 2 is 1.83 bits per heavy atom. The average Bonchev–Trinajstić information content (AvgIpc) is 3.52. The largest absolute Gasteiger partial charge is 0.467 e. The quantitative estimate of drug-likeness (QED) is 0.295. The van der Waals surface area contributed by atoms with Gasteiger partial charge in [-0.05, 0) is 37.4 Å². The molecule has 0 aliphatic carbocycles. The molecule has 2 aromatic heterocycles. The minimum absolute atomic E-state index is 0.00145. The molecule has 2 fully saturated rings. The summed E-state index contributed by atoms with van der Waals surface area (Å²) in [5.74, 6) is -0.826. The number of anilines is 1. The Kier molecular flexibility index (Phi) is 7.68. The molecule has 4 heterocycles. The Labute approximate surface area is 241 Å². The first-order chi connectivity index (χ1) is 19.9. The van der Waals surface area contributed by atoms with Gasteiger partial charge >= 0.3 is 6.01 Å². The van der Waals surface area contributed by atoms with Crippen LogP contribution in [0.15, 0.2) is 48.7 Å². The van der Waals surface area contributed by atoms with Crippen LogP contribution in [0.2, 0.25) is 5.02 Å². The lowest BCUT2D eigenvalue weighted by atomic mass is 10.0. The Balaban J connectivity index is 1.28. The monoisotopic (exact) mass is 578 g/mol. The SMILES string of the molecule is COc1nc(N2CCN(C(=O)/C=C/CN3CCCC3)CC2)c2cnc(-c3cccc4ccc(F)c(Cl)c34)c(F)c2n1. The molecule has 0 unspecified atom stereocenters. The van der Waals surface area contributed by atoms with E-state index in [1.165, 1.54) is 32.2 Å². The number of hydrogen-bond donors (Lipinski definition) is 0. The maximum absolute atomic E-state index is 16.1. The van der Waals surface area contributed by atoms with Crippen molar-refractivity contribution < 1.29 is 18.3 Å². The van der Waals surface area contributed by atoms with Crippen molar-refractivity contribution in [2.75, 3.05) is 57.8 Å². The van der Waals surface area contributed by atoms with Crippen molar-refractivity contribution in [1.82, 2.24) is 24.8 Å². The number of methoxy groups -OCH3 is 1. The number of benzene rings is 2. The van der Waals surface area contributed by atoms with Gasteiger partial charge in [0.05, 0.1) is 17.5 Å². The Morgan fingerprint density at radius 1 is 1.05 bits per heavy atom. The van der Waals surface area contributed by atoms with Crippen LogP contribution in [0.5, 0.6) is 6.01 Å². The van der Waals surface area contributed by atoms with Crippen molar-refractivity contribution in [3.63, 3.8) is 0 Å². The Morgan fingerprint density at radius 3 is 2.59 bits per heavy atom. The van der Waals surface area contributed by atoms with Gasteiger partial charge in [0, 0.05) is 55.9 Å². The zero-order valence-electron chi connectivity index (χ0n) is 22.6. The Hall–Kier alpha value is -3.89. The van der Waals surface area contributed by atoms with Gasteiger partial charge in [-0.15, -0.1) is 0 Å². The summed E-state index contributed by atoms with van der Waals surface area (Å²) in [7, 11) is 1.42. The van der Waals surface area contributed by atoms with Crippen LogP contribution >= 0.6 is 11.6 Å². The van der Waals surface area contributed by atoms with E-state index in [0.29, 0.717) is 53.7 Å². The fourth-order valence-electron chi connectivity index (χ4n) is 5.56. The van der Waals surface area contributed by atoms with E-state index in [-0.39, 0.29) is 28.2 Å². The van der Waals surface area contributed by atoms with E-state index in [1.54, 1.807) is 35.2 Å². The molecule has 6 rings (SSSR count). The molecule has 0 N–H and O–H groups in total. The normalized spacial score (nSPS) is 16.4. The smallest absolute Gasteiger partial charge is 0.318 e. The molecule has 2 saturated heterocycles. The van der Waals surface area contributed by atoms with Crippen molar-refractivity contribution in [2.24, 2.45) is 0 Å². The van der Waals surface area contributed by atoms with Crippen LogP contribution in [-0.4, -0.2) is 83.6 Å². The molecule has 1 amide bonds. The number of hydrogen-bond acceptors (Lipinski definition) is 7. The van der Waals surface area contributed by atoms with Gasteiger partial charge in [-0.2, -0.15) is 9.97 Å². The van der Waals surface area contributed by atoms with E-state index >= 15 is 4.39 Å². The number of rotatable bonds is 6. The van der Waals surface area contributed by atoms with Gasteiger partial charge in [-0.25, -0.2) is 8.78 Å². The summed E-state index contributed by atoms with van der Waals surface area (Å²) in [6.45, 7) is 4.95. The summed E-state index contributed by atoms with van der Waals surface area (Å²) in [6, 6.07) is 8.05. The zero-order chi connectivity index (χ0) is 28.5. The molecule has 0 saturated carbocycles. The molecule has 0 atom stereocenters. The van der Waals surface area contributed by atoms with Gasteiger partial charge in [0.25, 0.3) is 0 Å². The maximum Gasteiger partial charge on any atom is 0.318 e. The molecular weight excluding hydrogens is 550 g/mol. The van der Waals surface area contributed by atoms with Gasteiger partial charge in [0.1, 0.15) is 22.8 Å². The number of piperazine rings is 1. The second-order valence-corrected chi connectivity index (χ2v) is 10.6. The number of carbonyl (C=O) groups excluding carboxylic acids is 1. The standard InChI is InChI=1S/C30H29ClF2N6O2/c1-41-30-35-28-21(18-34-27(26(28)33)20-7-4-6-19-9-10-22(32)25(31)24(19)20)29(36-30)39-16-14-38(15-17-39)23(40)8-5-13-37-11-2-3-12-37/h4-10,18H,2-3,11-17H2,1H3/b8-5+. The summed E-state index contributed by atoms with van der Waals surface area (Å²) < 4.78 is 35.8. The zero-order valence-corrected chi connectivity index (χ0v) is 23.4. The highest BCUT2D eigenvalue weighted by Crippen LogP contribution is 2.38. The molecule has 2 aliphatic rings. The number of pyridine rings is 1. The predicted molar refractivity (Wildman–Crippen MR) is 155 cm³/mol. The van der Waals surface area contributed by atoms with E-state index in [4.69, 9.17) is 16.3 Å². The minimum atomic E-state index is -0.686. The summed E-state index contributed by atoms with van der Waals surface area (Å²) in [5.41, 5.74) is 0.388. The molecule has 41 heavy (non-hydrogen) atoms. The van der Waals surface area contributed by atoms with Crippen LogP contribution < -0.4 is 9.64 Å². The molecule has 11 heteroatoms. The van der Waals surface area contributed by atoms with Gasteiger partial charge in [0.2, 0.25) is 5.91 Å². The van der Waals surface area contributed by atoms with Gasteiger partial charge in [-0.3, -0.25) is 14.7 Å². The molecule has 8 nitrogen and oxygen atoms in total. The summed E-state index contributed by atoms with van der Waals surface area (Å²) in [4.78, 5) is 32.1. The van der Waals surface area contributed by atoms with Crippen molar-refractivity contribution in [1.29, 1.82) is 0 Å². The van der Waals surface area contributed by atoms with E-state index in [2.05, 4.69) is 19.9 Å². The average molecular weight is 579 g/mol. The first-order valence-electron chi connectivity index (χ1n) is 13.6. The first kappa shape index (κ1) is 27.3. The van der Waals surface area contributed by atoms with Crippen LogP contribution in [-0.2, 0) is 4.79 Å². The van der Waals surface area contributed by atoms with Crippen LogP contribution in [0.1, 0.15) is 12.8 Å². The Bertz CT molecular complexity index is 1650. The molecule has 4 aromatic rings. The van der Waals surface area contributed by atoms with Crippen LogP contribution in [0.4, 0.5) is 14.6 Å². The first-order valence-corrected chi connectivity index (χ1v) is 14.0. The lowest BCUT2D eigenvalue weighted by molar-refractivity contribution is -0.126. The molecule has 0 spiro atoms. The lowest BCUT2D eigenvalue weighted by Crippen LogP contribution is -2.48. The lowest BCUT2D eigenvalue weighted by Gasteiger charge is -2.35. The molecule has 2 aromatic carbocycles. The third-order valence-electron chi connectivity index (χ3n) is 7.73. The van der Waals surface area contributed by atoms with Crippen molar-refractivity contribution in [3.05, 3.63) is 65.3 Å². The van der Waals surface area contributed by atoms with E-state index < -0.39 is 11.6 Å². The highest BCUT2D eigenvalue weighted by Gasteiger charge is 2.26. The molecular formula is C30H29ClF2N6O2. The summed E-state index contributed by atoms with van der Waals surface area (Å²) in [5, 5.41) is 1.35. The van der Waals surface area contributed by atoms with E-state index in [9.17, 15) is 9.18 Å². The number of halogens is 3. The highest BCUT2D eigenvalue weighted by atomic mass is 35.5. The topological polar surface area (TPSA) is 74.7 Å². The molecule has 0 bridgehead atoms. The number of ether oxygens (including phenoxy) is 1. The highest BCUT2D eigenvalue weighted by molar-refractivity contribution is 6.36. The second-order valence-electron chi connectivity index (χ2n) is 10.2. The van der Waals surface area contributed by atoms with E-state index in [0.717, 1.165) is 19.6 Å². The van der Waals surface area contributed by atoms with Gasteiger partial charge in [-0.1, -0.05) is 41.9 Å². The maximum atomic E-state index is 16.1. The van der Waals surface area contributed by atoms with Crippen molar-refractivity contribution in [3.8, 4) is 17.3 Å². The number of aromatic nitrogens is 3. The van der Waals surface area contributed by atoms with Crippen LogP contribution in [0.25, 0.3) is 32.9 Å². The number of carbonyl (C=O) groups is 1. The fourth-order valence-corrected chi connectivity index (χ4v) is 5.83. The molecule has 0 radical (unpaired) electrons. The number of likely N-dealkylation sites (tertiary alicyclic amines) is 1. The van der Waals surface area contributed by atoms with Gasteiger partial charge in [0.15, 0.2) is 5.82 Å². The van der Waals surface area contributed by atoms with Gasteiger partial charge < -0.3 is 14.5 Å². The molecule has 2 aliphatic heterocycles. The number of nitrogens with zero attached hydrogens (tertiary/aromatic N) is 6. The molecule has 212 valence electrons. The third kappa shape index (κ3) is 5.29. The minimum Gasteiger partial charge on any atom is -0.467 e. The van der Waals surface area contributed by atoms with Crippen molar-refractivity contribution >= 4 is 45.0 Å².